The maximum absolute atomic E-state index is 12.9. The van der Waals surface area contributed by atoms with Gasteiger partial charge in [0.1, 0.15) is 0 Å². The van der Waals surface area contributed by atoms with Crippen LogP contribution in [0.15, 0.2) is 48.8 Å². The molecule has 0 aliphatic rings. The van der Waals surface area contributed by atoms with Gasteiger partial charge in [0.05, 0.1) is 11.6 Å². The summed E-state index contributed by atoms with van der Waals surface area (Å²) in [6.45, 7) is 4.01. The van der Waals surface area contributed by atoms with Gasteiger partial charge < -0.3 is 4.90 Å². The summed E-state index contributed by atoms with van der Waals surface area (Å²) in [5.74, 6) is -0.0868. The van der Waals surface area contributed by atoms with E-state index in [0.717, 1.165) is 17.7 Å². The Bertz CT molecular complexity index is 701. The lowest BCUT2D eigenvalue weighted by atomic mass is 10.0. The maximum Gasteiger partial charge on any atom is 0.416 e. The molecule has 1 unspecified atom stereocenters. The number of carbonyl (C=O) groups excluding carboxylic acids is 1. The Balaban J connectivity index is 2.09. The summed E-state index contributed by atoms with van der Waals surface area (Å²) in [4.78, 5) is 18.1. The number of benzene rings is 1. The Morgan fingerprint density at radius 2 is 2.00 bits per heavy atom. The van der Waals surface area contributed by atoms with Gasteiger partial charge in [0.15, 0.2) is 0 Å². The Kier molecular flexibility index (Phi) is 6.17. The molecule has 0 spiro atoms. The van der Waals surface area contributed by atoms with Crippen molar-refractivity contribution >= 4 is 5.91 Å². The Hall–Kier alpha value is -2.37. The lowest BCUT2D eigenvalue weighted by molar-refractivity contribution is -0.137. The van der Waals surface area contributed by atoms with Crippen LogP contribution in [0.2, 0.25) is 0 Å². The van der Waals surface area contributed by atoms with Gasteiger partial charge in [-0.15, -0.1) is 0 Å². The van der Waals surface area contributed by atoms with Crippen LogP contribution in [0.25, 0.3) is 0 Å². The molecule has 0 fully saturated rings. The minimum atomic E-state index is -4.39. The van der Waals surface area contributed by atoms with Gasteiger partial charge in [-0.05, 0) is 49.6 Å². The Morgan fingerprint density at radius 3 is 2.60 bits per heavy atom. The fraction of sp³-hybridized carbons (Fsp3) is 0.368. The van der Waals surface area contributed by atoms with Crippen molar-refractivity contribution in [3.8, 4) is 0 Å². The standard InChI is InChI=1S/C19H21F3N2O/c1-3-24(18(25)10-9-15-6-5-11-23-13-15)14(2)16-7-4-8-17(12-16)19(20,21)22/h4-8,11-14H,3,9-10H2,1-2H3. The fourth-order valence-corrected chi connectivity index (χ4v) is 2.76. The third-order valence-corrected chi connectivity index (χ3v) is 4.18. The van der Waals surface area contributed by atoms with E-state index in [4.69, 9.17) is 0 Å². The van der Waals surface area contributed by atoms with Crippen LogP contribution in [0.4, 0.5) is 13.2 Å². The molecule has 1 amide bonds. The number of nitrogens with zero attached hydrogens (tertiary/aromatic N) is 2. The van der Waals surface area contributed by atoms with Gasteiger partial charge in [0, 0.05) is 25.4 Å². The average Bonchev–Trinajstić information content (AvgIpc) is 2.60. The summed E-state index contributed by atoms with van der Waals surface area (Å²) in [7, 11) is 0. The molecule has 0 saturated carbocycles. The van der Waals surface area contributed by atoms with E-state index < -0.39 is 17.8 Å². The molecular weight excluding hydrogens is 329 g/mol. The highest BCUT2D eigenvalue weighted by Crippen LogP contribution is 2.32. The van der Waals surface area contributed by atoms with E-state index in [1.54, 1.807) is 30.3 Å². The molecule has 1 atom stereocenters. The normalized spacial score (nSPS) is 12.7. The second-order valence-electron chi connectivity index (χ2n) is 5.84. The van der Waals surface area contributed by atoms with Gasteiger partial charge in [0.2, 0.25) is 5.91 Å². The predicted molar refractivity (Wildman–Crippen MR) is 89.8 cm³/mol. The van der Waals surface area contributed by atoms with Crippen LogP contribution in [0.1, 0.15) is 43.0 Å². The minimum absolute atomic E-state index is 0.0868. The van der Waals surface area contributed by atoms with E-state index in [2.05, 4.69) is 4.98 Å². The summed E-state index contributed by atoms with van der Waals surface area (Å²) in [5, 5.41) is 0. The Labute approximate surface area is 145 Å². The van der Waals surface area contributed by atoms with Crippen LogP contribution in [0.5, 0.6) is 0 Å². The smallest absolute Gasteiger partial charge is 0.336 e. The lowest BCUT2D eigenvalue weighted by Crippen LogP contribution is -2.33. The third-order valence-electron chi connectivity index (χ3n) is 4.18. The first kappa shape index (κ1) is 19.0. The van der Waals surface area contributed by atoms with Crippen molar-refractivity contribution in [2.24, 2.45) is 0 Å². The van der Waals surface area contributed by atoms with Gasteiger partial charge in [-0.25, -0.2) is 0 Å². The van der Waals surface area contributed by atoms with Crippen molar-refractivity contribution in [1.29, 1.82) is 0 Å². The molecular formula is C19H21F3N2O. The number of alkyl halides is 3. The number of rotatable bonds is 6. The summed E-state index contributed by atoms with van der Waals surface area (Å²) in [6.07, 6.45) is -0.169. The highest BCUT2D eigenvalue weighted by atomic mass is 19.4. The number of hydrogen-bond acceptors (Lipinski definition) is 2. The van der Waals surface area contributed by atoms with Gasteiger partial charge in [-0.3, -0.25) is 9.78 Å². The van der Waals surface area contributed by atoms with E-state index in [1.165, 1.54) is 6.07 Å². The number of halogens is 3. The van der Waals surface area contributed by atoms with Crippen LogP contribution in [-0.2, 0) is 17.4 Å². The summed E-state index contributed by atoms with van der Waals surface area (Å²) >= 11 is 0. The number of aromatic nitrogens is 1. The molecule has 1 aromatic heterocycles. The molecule has 25 heavy (non-hydrogen) atoms. The van der Waals surface area contributed by atoms with Gasteiger partial charge >= 0.3 is 6.18 Å². The topological polar surface area (TPSA) is 33.2 Å². The first-order chi connectivity index (χ1) is 11.8. The fourth-order valence-electron chi connectivity index (χ4n) is 2.76. The molecule has 0 N–H and O–H groups in total. The second-order valence-corrected chi connectivity index (χ2v) is 5.84. The molecule has 1 aromatic carbocycles. The molecule has 3 nitrogen and oxygen atoms in total. The molecule has 6 heteroatoms. The third kappa shape index (κ3) is 5.05. The van der Waals surface area contributed by atoms with Crippen LogP contribution in [0, 0.1) is 0 Å². The van der Waals surface area contributed by atoms with Crippen molar-refractivity contribution in [2.45, 2.75) is 38.9 Å². The number of pyridine rings is 1. The zero-order chi connectivity index (χ0) is 18.4. The van der Waals surface area contributed by atoms with E-state index in [9.17, 15) is 18.0 Å². The van der Waals surface area contributed by atoms with Crippen LogP contribution < -0.4 is 0 Å². The molecule has 0 saturated heterocycles. The highest BCUT2D eigenvalue weighted by molar-refractivity contribution is 5.77. The van der Waals surface area contributed by atoms with Gasteiger partial charge in [0.25, 0.3) is 0 Å². The summed E-state index contributed by atoms with van der Waals surface area (Å²) < 4.78 is 38.7. The highest BCUT2D eigenvalue weighted by Gasteiger charge is 2.31. The van der Waals surface area contributed by atoms with Crippen LogP contribution >= 0.6 is 0 Å². The van der Waals surface area contributed by atoms with Crippen molar-refractivity contribution in [3.05, 3.63) is 65.5 Å². The minimum Gasteiger partial charge on any atom is -0.336 e. The number of carbonyl (C=O) groups is 1. The second kappa shape index (κ2) is 8.14. The number of aryl methyl sites for hydroxylation is 1. The number of amides is 1. The Morgan fingerprint density at radius 1 is 1.24 bits per heavy atom. The molecule has 2 aromatic rings. The molecule has 1 heterocycles. The van der Waals surface area contributed by atoms with Crippen molar-refractivity contribution in [1.82, 2.24) is 9.88 Å². The average molecular weight is 350 g/mol. The lowest BCUT2D eigenvalue weighted by Gasteiger charge is -2.29. The van der Waals surface area contributed by atoms with E-state index in [-0.39, 0.29) is 5.91 Å². The summed E-state index contributed by atoms with van der Waals surface area (Å²) in [5.41, 5.74) is 0.737. The zero-order valence-electron chi connectivity index (χ0n) is 14.3. The molecule has 134 valence electrons. The van der Waals surface area contributed by atoms with Crippen molar-refractivity contribution < 1.29 is 18.0 Å². The maximum atomic E-state index is 12.9. The van der Waals surface area contributed by atoms with Crippen molar-refractivity contribution in [2.75, 3.05) is 6.54 Å². The van der Waals surface area contributed by atoms with E-state index in [0.29, 0.717) is 24.9 Å². The van der Waals surface area contributed by atoms with Crippen molar-refractivity contribution in [3.63, 3.8) is 0 Å². The van der Waals surface area contributed by atoms with Gasteiger partial charge in [-0.2, -0.15) is 13.2 Å². The van der Waals surface area contributed by atoms with Gasteiger partial charge in [-0.1, -0.05) is 18.2 Å². The van der Waals surface area contributed by atoms with Crippen LogP contribution in [0.3, 0.4) is 0 Å². The SMILES string of the molecule is CCN(C(=O)CCc1cccnc1)C(C)c1cccc(C(F)(F)F)c1. The monoisotopic (exact) mass is 350 g/mol. The predicted octanol–water partition coefficient (Wildman–Crippen LogP) is 4.64. The molecule has 0 bridgehead atoms. The quantitative estimate of drug-likeness (QED) is 0.760. The first-order valence-corrected chi connectivity index (χ1v) is 8.18. The molecule has 0 radical (unpaired) electrons. The summed E-state index contributed by atoms with van der Waals surface area (Å²) in [6, 6.07) is 8.43. The molecule has 0 aliphatic carbocycles. The van der Waals surface area contributed by atoms with E-state index >= 15 is 0 Å². The molecule has 0 aliphatic heterocycles. The zero-order valence-corrected chi connectivity index (χ0v) is 14.3. The largest absolute Gasteiger partial charge is 0.416 e. The first-order valence-electron chi connectivity index (χ1n) is 8.18. The van der Waals surface area contributed by atoms with E-state index in [1.807, 2.05) is 19.1 Å². The number of hydrogen-bond donors (Lipinski definition) is 0. The molecule has 2 rings (SSSR count). The van der Waals surface area contributed by atoms with Crippen LogP contribution in [-0.4, -0.2) is 22.3 Å².